The Labute approximate surface area is 178 Å². The minimum atomic E-state index is -2.16. The van der Waals surface area contributed by atoms with Gasteiger partial charge in [0, 0.05) is 0 Å². The molecule has 0 saturated heterocycles. The summed E-state index contributed by atoms with van der Waals surface area (Å²) in [6.45, 7) is 0. The van der Waals surface area contributed by atoms with Crippen molar-refractivity contribution < 1.29 is 0 Å². The van der Waals surface area contributed by atoms with Gasteiger partial charge in [0.2, 0.25) is 0 Å². The monoisotopic (exact) mass is 424 g/mol. The van der Waals surface area contributed by atoms with E-state index >= 15 is 0 Å². The first-order chi connectivity index (χ1) is 12.9. The van der Waals surface area contributed by atoms with Crippen LogP contribution in [0.1, 0.15) is 5.56 Å². The van der Waals surface area contributed by atoms with Crippen LogP contribution in [0.3, 0.4) is 0 Å². The Morgan fingerprint density at radius 1 is 0.429 bits per heavy atom. The summed E-state index contributed by atoms with van der Waals surface area (Å²) >= 11 is 0. The summed E-state index contributed by atoms with van der Waals surface area (Å²) < 4.78 is 0. The van der Waals surface area contributed by atoms with Crippen LogP contribution in [-0.4, -0.2) is 0 Å². The Morgan fingerprint density at radius 2 is 0.714 bits per heavy atom. The van der Waals surface area contributed by atoms with Crippen LogP contribution in [0.5, 0.6) is 0 Å². The molecule has 1 unspecified atom stereocenters. The first kappa shape index (κ1) is 22.3. The molecule has 0 spiro atoms. The molecule has 28 heavy (non-hydrogen) atoms. The van der Waals surface area contributed by atoms with E-state index in [4.69, 9.17) is 0 Å². The van der Waals surface area contributed by atoms with Crippen molar-refractivity contribution in [1.82, 2.24) is 0 Å². The third-order valence-electron chi connectivity index (χ3n) is 5.11. The van der Waals surface area contributed by atoms with Crippen LogP contribution >= 0.6 is 29.6 Å². The molecule has 0 bridgehead atoms. The summed E-state index contributed by atoms with van der Waals surface area (Å²) in [7, 11) is -2.16. The van der Waals surface area contributed by atoms with E-state index in [-0.39, 0.29) is 22.3 Å². The van der Waals surface area contributed by atoms with E-state index < -0.39 is 7.26 Å². The van der Waals surface area contributed by atoms with Gasteiger partial charge in [-0.05, 0) is 0 Å². The van der Waals surface area contributed by atoms with Crippen LogP contribution < -0.4 is 15.9 Å². The van der Waals surface area contributed by atoms with Crippen LogP contribution in [-0.2, 0) is 6.16 Å². The average molecular weight is 425 g/mol. The van der Waals surface area contributed by atoms with E-state index in [1.54, 1.807) is 0 Å². The molecular weight excluding hydrogens is 398 g/mol. The van der Waals surface area contributed by atoms with Gasteiger partial charge in [-0.1, -0.05) is 0 Å². The predicted octanol–water partition coefficient (Wildman–Crippen LogP) is 5.39. The van der Waals surface area contributed by atoms with Gasteiger partial charge in [-0.25, -0.2) is 0 Å². The second-order valence-corrected chi connectivity index (χ2v) is 10.6. The van der Waals surface area contributed by atoms with E-state index in [1.807, 2.05) is 0 Å². The summed E-state index contributed by atoms with van der Waals surface area (Å²) in [4.78, 5) is 0. The van der Waals surface area contributed by atoms with Gasteiger partial charge in [-0.3, -0.25) is 0 Å². The van der Waals surface area contributed by atoms with E-state index in [0.717, 1.165) is 6.16 Å². The molecule has 0 aliphatic carbocycles. The van der Waals surface area contributed by atoms with Crippen molar-refractivity contribution in [3.05, 3.63) is 127 Å². The normalized spacial score (nSPS) is 11.0. The molecule has 0 fully saturated rings. The fourth-order valence-electron chi connectivity index (χ4n) is 3.88. The number of rotatable bonds is 5. The molecule has 0 aliphatic rings. The molecule has 4 aromatic carbocycles. The van der Waals surface area contributed by atoms with Crippen LogP contribution in [0.15, 0.2) is 121 Å². The van der Waals surface area contributed by atoms with Gasteiger partial charge in [-0.15, -0.1) is 12.4 Å². The van der Waals surface area contributed by atoms with Crippen molar-refractivity contribution in [1.29, 1.82) is 0 Å². The summed E-state index contributed by atoms with van der Waals surface area (Å²) in [5.74, 6) is 0. The molecule has 4 aromatic rings. The SMILES string of the molecule is Cl.P.c1ccc(C[PH](c2ccccc2)(c2ccccc2)c2ccccc2)cc1. The second kappa shape index (κ2) is 10.5. The fourth-order valence-corrected chi connectivity index (χ4v) is 8.62. The van der Waals surface area contributed by atoms with Gasteiger partial charge in [0.1, 0.15) is 0 Å². The Hall–Kier alpha value is -1.97. The summed E-state index contributed by atoms with van der Waals surface area (Å²) in [5.41, 5.74) is 1.40. The van der Waals surface area contributed by atoms with Crippen LogP contribution in [0, 0.1) is 0 Å². The summed E-state index contributed by atoms with van der Waals surface area (Å²) in [6, 6.07) is 44.2. The topological polar surface area (TPSA) is 0 Å². The maximum absolute atomic E-state index is 2.31. The zero-order valence-electron chi connectivity index (χ0n) is 15.9. The third kappa shape index (κ3) is 4.53. The van der Waals surface area contributed by atoms with E-state index in [0.29, 0.717) is 0 Å². The van der Waals surface area contributed by atoms with Gasteiger partial charge in [-0.2, -0.15) is 9.90 Å². The average Bonchev–Trinajstić information content (AvgIpc) is 2.75. The summed E-state index contributed by atoms with van der Waals surface area (Å²) in [6.07, 6.45) is 1.06. The Morgan fingerprint density at radius 3 is 1.04 bits per heavy atom. The maximum atomic E-state index is 2.31. The molecule has 0 aliphatic heterocycles. The first-order valence-electron chi connectivity index (χ1n) is 9.10. The quantitative estimate of drug-likeness (QED) is 0.377. The molecule has 0 amide bonds. The van der Waals surface area contributed by atoms with Crippen molar-refractivity contribution >= 4 is 45.5 Å². The van der Waals surface area contributed by atoms with Crippen LogP contribution in [0.2, 0.25) is 0 Å². The number of hydrogen-bond acceptors (Lipinski definition) is 0. The molecule has 0 saturated carbocycles. The van der Waals surface area contributed by atoms with Gasteiger partial charge in [0.25, 0.3) is 0 Å². The number of halogens is 1. The van der Waals surface area contributed by atoms with Crippen molar-refractivity contribution in [3.63, 3.8) is 0 Å². The molecule has 0 aromatic heterocycles. The summed E-state index contributed by atoms with van der Waals surface area (Å²) in [5, 5.41) is 4.38. The molecule has 0 N–H and O–H groups in total. The second-order valence-electron chi connectivity index (χ2n) is 6.67. The molecule has 1 atom stereocenters. The van der Waals surface area contributed by atoms with Crippen molar-refractivity contribution in [2.75, 3.05) is 0 Å². The predicted molar refractivity (Wildman–Crippen MR) is 135 cm³/mol. The molecular formula is C25H27ClP2. The molecule has 0 heterocycles. The molecule has 4 rings (SSSR count). The molecule has 3 heteroatoms. The number of hydrogen-bond donors (Lipinski definition) is 0. The van der Waals surface area contributed by atoms with Gasteiger partial charge >= 0.3 is 156 Å². The third-order valence-corrected chi connectivity index (χ3v) is 10.0. The zero-order valence-corrected chi connectivity index (χ0v) is 19.1. The number of benzene rings is 4. The molecule has 144 valence electrons. The Balaban J connectivity index is 0.00000140. The Kier molecular flexibility index (Phi) is 8.40. The van der Waals surface area contributed by atoms with E-state index in [1.165, 1.54) is 21.5 Å². The van der Waals surface area contributed by atoms with E-state index in [9.17, 15) is 0 Å². The zero-order chi connectivity index (χ0) is 17.7. The van der Waals surface area contributed by atoms with Crippen molar-refractivity contribution in [2.24, 2.45) is 0 Å². The minimum absolute atomic E-state index is 0. The first-order valence-corrected chi connectivity index (χ1v) is 11.3. The fraction of sp³-hybridized carbons (Fsp3) is 0.0400. The van der Waals surface area contributed by atoms with Gasteiger partial charge < -0.3 is 0 Å². The van der Waals surface area contributed by atoms with Crippen LogP contribution in [0.4, 0.5) is 0 Å². The molecule has 0 radical (unpaired) electrons. The van der Waals surface area contributed by atoms with Crippen molar-refractivity contribution in [3.8, 4) is 0 Å². The van der Waals surface area contributed by atoms with E-state index in [2.05, 4.69) is 121 Å². The molecule has 0 nitrogen and oxygen atoms in total. The van der Waals surface area contributed by atoms with Gasteiger partial charge in [0.15, 0.2) is 0 Å². The standard InChI is InChI=1S/C25H23P.ClH.H3P/c1-5-13-22(14-6-1)21-26(23-15-7-2-8-16-23,24-17-9-3-10-18-24)25-19-11-4-12-20-25;;/h1-20,26H,21H2;1H;1H3. The Bertz CT molecular complexity index is 846. The van der Waals surface area contributed by atoms with Crippen LogP contribution in [0.25, 0.3) is 0 Å². The van der Waals surface area contributed by atoms with Gasteiger partial charge in [0.05, 0.1) is 0 Å². The van der Waals surface area contributed by atoms with Crippen molar-refractivity contribution in [2.45, 2.75) is 6.16 Å².